The molecule has 2 N–H and O–H groups in total. The molecule has 1 fully saturated rings. The van der Waals surface area contributed by atoms with E-state index in [1.54, 1.807) is 0 Å². The Bertz CT molecular complexity index is 230. The van der Waals surface area contributed by atoms with Gasteiger partial charge in [0.25, 0.3) is 0 Å². The second-order valence-electron chi connectivity index (χ2n) is 3.26. The Kier molecular flexibility index (Phi) is 1.66. The summed E-state index contributed by atoms with van der Waals surface area (Å²) in [6.45, 7) is 0. The third-order valence-electron chi connectivity index (χ3n) is 2.56. The second-order valence-corrected chi connectivity index (χ2v) is 3.26. The zero-order chi connectivity index (χ0) is 7.68. The highest BCUT2D eigenvalue weighted by atomic mass is 14.7. The SMILES string of the molecule is NC1CCC1c1ccccc1. The Morgan fingerprint density at radius 3 is 2.27 bits per heavy atom. The second kappa shape index (κ2) is 2.67. The Morgan fingerprint density at radius 1 is 1.09 bits per heavy atom. The molecule has 0 spiro atoms. The van der Waals surface area contributed by atoms with Gasteiger partial charge in [-0.2, -0.15) is 0 Å². The highest BCUT2D eigenvalue weighted by Crippen LogP contribution is 2.34. The third kappa shape index (κ3) is 1.16. The minimum Gasteiger partial charge on any atom is -0.327 e. The Labute approximate surface area is 67.2 Å². The topological polar surface area (TPSA) is 26.0 Å². The largest absolute Gasteiger partial charge is 0.327 e. The molecule has 0 bridgehead atoms. The summed E-state index contributed by atoms with van der Waals surface area (Å²) in [6.07, 6.45) is 2.46. The summed E-state index contributed by atoms with van der Waals surface area (Å²) in [5.74, 6) is 0.635. The molecule has 1 nitrogen and oxygen atoms in total. The summed E-state index contributed by atoms with van der Waals surface area (Å²) < 4.78 is 0. The molecule has 2 atom stereocenters. The molecule has 0 aliphatic heterocycles. The number of hydrogen-bond donors (Lipinski definition) is 1. The molecule has 58 valence electrons. The van der Waals surface area contributed by atoms with Crippen LogP contribution in [0.3, 0.4) is 0 Å². The molecule has 0 aromatic heterocycles. The average Bonchev–Trinajstić information content (AvgIpc) is 2.04. The lowest BCUT2D eigenvalue weighted by Gasteiger charge is -2.33. The lowest BCUT2D eigenvalue weighted by molar-refractivity contribution is 0.347. The monoisotopic (exact) mass is 147 g/mol. The van der Waals surface area contributed by atoms with Crippen molar-refractivity contribution < 1.29 is 0 Å². The molecule has 11 heavy (non-hydrogen) atoms. The van der Waals surface area contributed by atoms with E-state index in [0.29, 0.717) is 12.0 Å². The minimum atomic E-state index is 0.414. The number of hydrogen-bond acceptors (Lipinski definition) is 1. The van der Waals surface area contributed by atoms with Gasteiger partial charge >= 0.3 is 0 Å². The van der Waals surface area contributed by atoms with Gasteiger partial charge in [-0.3, -0.25) is 0 Å². The number of rotatable bonds is 1. The lowest BCUT2D eigenvalue weighted by Crippen LogP contribution is -2.37. The predicted molar refractivity (Wildman–Crippen MR) is 46.4 cm³/mol. The van der Waals surface area contributed by atoms with Crippen molar-refractivity contribution in [3.05, 3.63) is 35.9 Å². The third-order valence-corrected chi connectivity index (χ3v) is 2.56. The van der Waals surface area contributed by atoms with Gasteiger partial charge in [-0.05, 0) is 24.3 Å². The molecular formula is C10H13N. The summed E-state index contributed by atoms with van der Waals surface area (Å²) in [4.78, 5) is 0. The fraction of sp³-hybridized carbons (Fsp3) is 0.400. The summed E-state index contributed by atoms with van der Waals surface area (Å²) in [5.41, 5.74) is 7.26. The fourth-order valence-electron chi connectivity index (χ4n) is 1.64. The molecule has 0 amide bonds. The standard InChI is InChI=1S/C10H13N/c11-10-7-6-9(10)8-4-2-1-3-5-8/h1-5,9-10H,6-7,11H2. The van der Waals surface area contributed by atoms with Crippen LogP contribution in [0.1, 0.15) is 24.3 Å². The van der Waals surface area contributed by atoms with E-state index < -0.39 is 0 Å². The maximum atomic E-state index is 5.85. The summed E-state index contributed by atoms with van der Waals surface area (Å²) in [6, 6.07) is 11.0. The van der Waals surface area contributed by atoms with Crippen molar-refractivity contribution >= 4 is 0 Å². The molecular weight excluding hydrogens is 134 g/mol. The number of nitrogens with two attached hydrogens (primary N) is 1. The van der Waals surface area contributed by atoms with Gasteiger partial charge in [0.05, 0.1) is 0 Å². The van der Waals surface area contributed by atoms with Gasteiger partial charge in [-0.25, -0.2) is 0 Å². The summed E-state index contributed by atoms with van der Waals surface area (Å²) >= 11 is 0. The normalized spacial score (nSPS) is 29.5. The highest BCUT2D eigenvalue weighted by molar-refractivity contribution is 5.23. The van der Waals surface area contributed by atoms with Crippen LogP contribution >= 0.6 is 0 Å². The molecule has 1 aliphatic carbocycles. The van der Waals surface area contributed by atoms with Gasteiger partial charge in [-0.15, -0.1) is 0 Å². The van der Waals surface area contributed by atoms with Gasteiger partial charge in [-0.1, -0.05) is 30.3 Å². The maximum absolute atomic E-state index is 5.85. The van der Waals surface area contributed by atoms with Crippen LogP contribution < -0.4 is 5.73 Å². The van der Waals surface area contributed by atoms with E-state index in [2.05, 4.69) is 24.3 Å². The molecule has 2 rings (SSSR count). The Morgan fingerprint density at radius 2 is 1.82 bits per heavy atom. The van der Waals surface area contributed by atoms with E-state index in [1.807, 2.05) is 6.07 Å². The van der Waals surface area contributed by atoms with E-state index in [4.69, 9.17) is 5.73 Å². The Balaban J connectivity index is 2.17. The van der Waals surface area contributed by atoms with Crippen molar-refractivity contribution in [1.82, 2.24) is 0 Å². The van der Waals surface area contributed by atoms with Crippen molar-refractivity contribution in [3.8, 4) is 0 Å². The fourth-order valence-corrected chi connectivity index (χ4v) is 1.64. The zero-order valence-electron chi connectivity index (χ0n) is 6.53. The van der Waals surface area contributed by atoms with Crippen molar-refractivity contribution in [1.29, 1.82) is 0 Å². The molecule has 2 unspecified atom stereocenters. The molecule has 1 aromatic carbocycles. The van der Waals surface area contributed by atoms with Gasteiger partial charge in [0.1, 0.15) is 0 Å². The number of benzene rings is 1. The van der Waals surface area contributed by atoms with E-state index in [0.717, 1.165) is 0 Å². The van der Waals surface area contributed by atoms with Gasteiger partial charge in [0.15, 0.2) is 0 Å². The smallest absolute Gasteiger partial charge is 0.0108 e. The van der Waals surface area contributed by atoms with E-state index in [1.165, 1.54) is 18.4 Å². The van der Waals surface area contributed by atoms with Crippen molar-refractivity contribution in [2.24, 2.45) is 5.73 Å². The molecule has 1 aromatic rings. The molecule has 1 aliphatic rings. The predicted octanol–water partition coefficient (Wildman–Crippen LogP) is 1.89. The van der Waals surface area contributed by atoms with Crippen molar-refractivity contribution in [2.45, 2.75) is 24.8 Å². The van der Waals surface area contributed by atoms with Crippen LogP contribution in [0.2, 0.25) is 0 Å². The first-order valence-electron chi connectivity index (χ1n) is 4.18. The summed E-state index contributed by atoms with van der Waals surface area (Å²) in [7, 11) is 0. The molecule has 0 saturated heterocycles. The first-order valence-corrected chi connectivity index (χ1v) is 4.18. The van der Waals surface area contributed by atoms with Crippen molar-refractivity contribution in [3.63, 3.8) is 0 Å². The minimum absolute atomic E-state index is 0.414. The van der Waals surface area contributed by atoms with Crippen molar-refractivity contribution in [2.75, 3.05) is 0 Å². The molecule has 0 radical (unpaired) electrons. The van der Waals surface area contributed by atoms with Crippen LogP contribution in [-0.2, 0) is 0 Å². The lowest BCUT2D eigenvalue weighted by atomic mass is 9.76. The highest BCUT2D eigenvalue weighted by Gasteiger charge is 2.28. The van der Waals surface area contributed by atoms with E-state index in [9.17, 15) is 0 Å². The Hall–Kier alpha value is -0.820. The van der Waals surface area contributed by atoms with Crippen LogP contribution in [0.4, 0.5) is 0 Å². The average molecular weight is 147 g/mol. The first kappa shape index (κ1) is 6.86. The zero-order valence-corrected chi connectivity index (χ0v) is 6.53. The quantitative estimate of drug-likeness (QED) is 0.645. The van der Waals surface area contributed by atoms with Crippen LogP contribution in [0.5, 0.6) is 0 Å². The van der Waals surface area contributed by atoms with Crippen LogP contribution in [-0.4, -0.2) is 6.04 Å². The van der Waals surface area contributed by atoms with Gasteiger partial charge < -0.3 is 5.73 Å². The molecule has 0 heterocycles. The summed E-state index contributed by atoms with van der Waals surface area (Å²) in [5, 5.41) is 0. The van der Waals surface area contributed by atoms with E-state index in [-0.39, 0.29) is 0 Å². The van der Waals surface area contributed by atoms with Crippen LogP contribution in [0.15, 0.2) is 30.3 Å². The van der Waals surface area contributed by atoms with Crippen LogP contribution in [0, 0.1) is 0 Å². The van der Waals surface area contributed by atoms with Crippen LogP contribution in [0.25, 0.3) is 0 Å². The molecule has 1 saturated carbocycles. The van der Waals surface area contributed by atoms with Gasteiger partial charge in [0.2, 0.25) is 0 Å². The molecule has 1 heteroatoms. The maximum Gasteiger partial charge on any atom is 0.0108 e. The van der Waals surface area contributed by atoms with E-state index >= 15 is 0 Å². The van der Waals surface area contributed by atoms with Gasteiger partial charge in [0, 0.05) is 6.04 Å². The first-order chi connectivity index (χ1) is 5.38.